The molecule has 9 nitrogen and oxygen atoms in total. The normalized spacial score (nSPS) is 15.9. The standard InChI is InChI=1S/C25H32FN5O4/c1-2-25(34,18-8-7-12-21(14-18)35-20-10-3-4-11-20)17-31-19(15-27-29-31)9-5-6-13-30-16-22(26)23(32)28-24(30)33/h7-8,12,14-16,20,34H,2-6,9-11,13,17H2,1H3,(H,28,32,33)/t25-/m1/s1. The molecular formula is C25H32FN5O4. The summed E-state index contributed by atoms with van der Waals surface area (Å²) >= 11 is 0. The number of aryl methyl sites for hydroxylation is 2. The predicted octanol–water partition coefficient (Wildman–Crippen LogP) is 2.91. The second kappa shape index (κ2) is 11.0. The zero-order chi connectivity index (χ0) is 24.8. The molecule has 1 aliphatic carbocycles. The topological polar surface area (TPSA) is 115 Å². The fraction of sp³-hybridized carbons (Fsp3) is 0.520. The highest BCUT2D eigenvalue weighted by atomic mass is 19.1. The fourth-order valence-corrected chi connectivity index (χ4v) is 4.56. The van der Waals surface area contributed by atoms with Crippen LogP contribution in [0.1, 0.15) is 63.1 Å². The maximum absolute atomic E-state index is 13.4. The number of hydrogen-bond donors (Lipinski definition) is 2. The van der Waals surface area contributed by atoms with Crippen LogP contribution in [0.3, 0.4) is 0 Å². The van der Waals surface area contributed by atoms with Crippen molar-refractivity contribution in [3.05, 3.63) is 74.6 Å². The lowest BCUT2D eigenvalue weighted by molar-refractivity contribution is 0.00940. The summed E-state index contributed by atoms with van der Waals surface area (Å²) in [6, 6.07) is 7.66. The maximum atomic E-state index is 13.4. The van der Waals surface area contributed by atoms with Crippen molar-refractivity contribution in [2.24, 2.45) is 0 Å². The second-order valence-electron chi connectivity index (χ2n) is 9.21. The smallest absolute Gasteiger partial charge is 0.328 e. The molecule has 188 valence electrons. The lowest BCUT2D eigenvalue weighted by atomic mass is 9.90. The maximum Gasteiger partial charge on any atom is 0.328 e. The number of nitrogens with one attached hydrogen (secondary N) is 1. The van der Waals surface area contributed by atoms with E-state index in [0.29, 0.717) is 25.7 Å². The van der Waals surface area contributed by atoms with Crippen molar-refractivity contribution in [3.8, 4) is 5.75 Å². The Morgan fingerprint density at radius 2 is 2.06 bits per heavy atom. The average Bonchev–Trinajstić information content (AvgIpc) is 3.52. The number of unbranched alkanes of at least 4 members (excludes halogenated alkanes) is 1. The van der Waals surface area contributed by atoms with Crippen LogP contribution in [-0.2, 0) is 25.1 Å². The Labute approximate surface area is 202 Å². The van der Waals surface area contributed by atoms with E-state index in [0.717, 1.165) is 40.6 Å². The summed E-state index contributed by atoms with van der Waals surface area (Å²) in [6.07, 6.45) is 9.74. The first-order valence-corrected chi connectivity index (χ1v) is 12.2. The molecule has 0 spiro atoms. The quantitative estimate of drug-likeness (QED) is 0.404. The number of aromatic amines is 1. The van der Waals surface area contributed by atoms with Gasteiger partial charge in [0.05, 0.1) is 30.7 Å². The number of aliphatic hydroxyl groups is 1. The number of aromatic nitrogens is 5. The van der Waals surface area contributed by atoms with Gasteiger partial charge in [-0.3, -0.25) is 14.3 Å². The number of H-pyrrole nitrogens is 1. The number of hydrogen-bond acceptors (Lipinski definition) is 6. The lowest BCUT2D eigenvalue weighted by Gasteiger charge is -2.28. The number of nitrogens with zero attached hydrogens (tertiary/aromatic N) is 4. The molecule has 4 rings (SSSR count). The van der Waals surface area contributed by atoms with Gasteiger partial charge < -0.3 is 9.84 Å². The minimum atomic E-state index is -1.14. The number of benzene rings is 1. The summed E-state index contributed by atoms with van der Waals surface area (Å²) < 4.78 is 22.4. The van der Waals surface area contributed by atoms with E-state index in [1.165, 1.54) is 12.8 Å². The first-order valence-electron chi connectivity index (χ1n) is 12.2. The zero-order valence-corrected chi connectivity index (χ0v) is 20.0. The minimum absolute atomic E-state index is 0.241. The predicted molar refractivity (Wildman–Crippen MR) is 128 cm³/mol. The lowest BCUT2D eigenvalue weighted by Crippen LogP contribution is -2.32. The molecule has 2 N–H and O–H groups in total. The zero-order valence-electron chi connectivity index (χ0n) is 20.0. The van der Waals surface area contributed by atoms with Crippen molar-refractivity contribution < 1.29 is 14.2 Å². The fourth-order valence-electron chi connectivity index (χ4n) is 4.56. The molecule has 0 unspecified atom stereocenters. The molecular weight excluding hydrogens is 453 g/mol. The van der Waals surface area contributed by atoms with E-state index in [1.807, 2.05) is 36.2 Å². The van der Waals surface area contributed by atoms with Gasteiger partial charge >= 0.3 is 5.69 Å². The molecule has 0 bridgehead atoms. The van der Waals surface area contributed by atoms with Crippen LogP contribution in [0.5, 0.6) is 5.75 Å². The van der Waals surface area contributed by atoms with Gasteiger partial charge in [0.1, 0.15) is 11.4 Å². The number of rotatable bonds is 11. The van der Waals surface area contributed by atoms with Gasteiger partial charge in [-0.2, -0.15) is 4.39 Å². The Kier molecular flexibility index (Phi) is 7.80. The summed E-state index contributed by atoms with van der Waals surface area (Å²) in [5.74, 6) is -0.211. The highest BCUT2D eigenvalue weighted by Gasteiger charge is 2.30. The molecule has 2 aromatic heterocycles. The Balaban J connectivity index is 1.38. The summed E-state index contributed by atoms with van der Waals surface area (Å²) in [5.41, 5.74) is -1.15. The van der Waals surface area contributed by atoms with Gasteiger partial charge in [-0.05, 0) is 69.1 Å². The Bertz CT molecular complexity index is 1250. The van der Waals surface area contributed by atoms with E-state index in [-0.39, 0.29) is 19.2 Å². The van der Waals surface area contributed by atoms with Gasteiger partial charge in [0.25, 0.3) is 5.56 Å². The van der Waals surface area contributed by atoms with Crippen molar-refractivity contribution in [1.82, 2.24) is 24.5 Å². The summed E-state index contributed by atoms with van der Waals surface area (Å²) in [4.78, 5) is 24.9. The molecule has 10 heteroatoms. The van der Waals surface area contributed by atoms with Crippen LogP contribution in [0, 0.1) is 5.82 Å². The molecule has 2 heterocycles. The van der Waals surface area contributed by atoms with E-state index in [4.69, 9.17) is 4.74 Å². The molecule has 1 atom stereocenters. The second-order valence-corrected chi connectivity index (χ2v) is 9.21. The van der Waals surface area contributed by atoms with Crippen molar-refractivity contribution in [2.75, 3.05) is 0 Å². The van der Waals surface area contributed by atoms with E-state index >= 15 is 0 Å². The van der Waals surface area contributed by atoms with E-state index < -0.39 is 22.7 Å². The third kappa shape index (κ3) is 6.05. The van der Waals surface area contributed by atoms with Crippen molar-refractivity contribution in [3.63, 3.8) is 0 Å². The highest BCUT2D eigenvalue weighted by Crippen LogP contribution is 2.31. The van der Waals surface area contributed by atoms with Gasteiger partial charge in [-0.25, -0.2) is 9.48 Å². The summed E-state index contributed by atoms with van der Waals surface area (Å²) in [6.45, 7) is 2.46. The van der Waals surface area contributed by atoms with Gasteiger partial charge in [-0.1, -0.05) is 24.3 Å². The first kappa shape index (κ1) is 24.8. The summed E-state index contributed by atoms with van der Waals surface area (Å²) in [7, 11) is 0. The van der Waals surface area contributed by atoms with Crippen LogP contribution in [0.25, 0.3) is 0 Å². The number of halogens is 1. The number of ether oxygens (including phenoxy) is 1. The molecule has 1 fully saturated rings. The van der Waals surface area contributed by atoms with Crippen LogP contribution in [0.4, 0.5) is 4.39 Å². The molecule has 1 aliphatic rings. The monoisotopic (exact) mass is 485 g/mol. The molecule has 1 aromatic carbocycles. The molecule has 1 saturated carbocycles. The van der Waals surface area contributed by atoms with Crippen LogP contribution in [-0.4, -0.2) is 35.8 Å². The van der Waals surface area contributed by atoms with E-state index in [2.05, 4.69) is 10.3 Å². The average molecular weight is 486 g/mol. The van der Waals surface area contributed by atoms with Crippen LogP contribution < -0.4 is 16.0 Å². The molecule has 0 saturated heterocycles. The Morgan fingerprint density at radius 3 is 2.83 bits per heavy atom. The van der Waals surface area contributed by atoms with Crippen molar-refractivity contribution in [2.45, 2.75) is 83.1 Å². The summed E-state index contributed by atoms with van der Waals surface area (Å²) in [5, 5.41) is 19.7. The molecule has 3 aromatic rings. The van der Waals surface area contributed by atoms with Gasteiger partial charge in [0.15, 0.2) is 0 Å². The Hall–Kier alpha value is -3.27. The van der Waals surface area contributed by atoms with Crippen molar-refractivity contribution >= 4 is 0 Å². The highest BCUT2D eigenvalue weighted by molar-refractivity contribution is 5.32. The third-order valence-corrected chi connectivity index (χ3v) is 6.72. The Morgan fingerprint density at radius 1 is 1.26 bits per heavy atom. The van der Waals surface area contributed by atoms with Crippen LogP contribution in [0.2, 0.25) is 0 Å². The van der Waals surface area contributed by atoms with Crippen molar-refractivity contribution in [1.29, 1.82) is 0 Å². The molecule has 0 aliphatic heterocycles. The largest absolute Gasteiger partial charge is 0.490 e. The van der Waals surface area contributed by atoms with Gasteiger partial charge in [-0.15, -0.1) is 5.10 Å². The molecule has 0 radical (unpaired) electrons. The van der Waals surface area contributed by atoms with E-state index in [9.17, 15) is 19.1 Å². The SMILES string of the molecule is CC[C@@](O)(Cn1nncc1CCCCn1cc(F)c(=O)[nH]c1=O)c1cccc(OC2CCCC2)c1. The van der Waals surface area contributed by atoms with Crippen LogP contribution >= 0.6 is 0 Å². The first-order chi connectivity index (χ1) is 16.9. The van der Waals surface area contributed by atoms with Gasteiger partial charge in [0, 0.05) is 6.54 Å². The minimum Gasteiger partial charge on any atom is -0.490 e. The molecule has 35 heavy (non-hydrogen) atoms. The van der Waals surface area contributed by atoms with E-state index in [1.54, 1.807) is 10.9 Å². The third-order valence-electron chi connectivity index (χ3n) is 6.72. The van der Waals surface area contributed by atoms with Gasteiger partial charge in [0.2, 0.25) is 5.82 Å². The molecule has 0 amide bonds. The van der Waals surface area contributed by atoms with Crippen LogP contribution in [0.15, 0.2) is 46.2 Å².